The lowest BCUT2D eigenvalue weighted by Crippen LogP contribution is -2.43. The van der Waals surface area contributed by atoms with Crippen LogP contribution in [0.1, 0.15) is 56.1 Å². The number of nitrogens with two attached hydrogens (primary N) is 2. The molecule has 3 aliphatic carbocycles. The van der Waals surface area contributed by atoms with E-state index in [0.717, 1.165) is 25.2 Å². The van der Waals surface area contributed by atoms with Gasteiger partial charge in [-0.15, -0.1) is 0 Å². The number of phenolic OH excluding ortho intramolecular Hbond substituents is 1. The summed E-state index contributed by atoms with van der Waals surface area (Å²) in [5.74, 6) is 2.49. The summed E-state index contributed by atoms with van der Waals surface area (Å²) in [6.07, 6.45) is 6.78. The van der Waals surface area contributed by atoms with Crippen LogP contribution >= 0.6 is 0 Å². The number of aromatic hydroxyl groups is 1. The molecule has 0 heterocycles. The molecule has 1 unspecified atom stereocenters. The Bertz CT molecular complexity index is 629. The quantitative estimate of drug-likeness (QED) is 0.586. The molecule has 0 saturated heterocycles. The zero-order valence-electron chi connectivity index (χ0n) is 14.2. The van der Waals surface area contributed by atoms with Gasteiger partial charge in [0.25, 0.3) is 0 Å². The van der Waals surface area contributed by atoms with E-state index < -0.39 is 6.03 Å². The van der Waals surface area contributed by atoms with E-state index in [9.17, 15) is 10.2 Å². The van der Waals surface area contributed by atoms with E-state index in [1.54, 1.807) is 0 Å². The minimum absolute atomic E-state index is 0.0883. The van der Waals surface area contributed by atoms with Crippen molar-refractivity contribution in [3.05, 3.63) is 29.3 Å². The molecule has 0 aliphatic heterocycles. The highest BCUT2D eigenvalue weighted by Crippen LogP contribution is 2.60. The van der Waals surface area contributed by atoms with Crippen LogP contribution in [-0.2, 0) is 6.42 Å². The number of aliphatic hydroxyl groups is 1. The van der Waals surface area contributed by atoms with Gasteiger partial charge in [0.1, 0.15) is 5.75 Å². The molecule has 1 aromatic rings. The van der Waals surface area contributed by atoms with Crippen LogP contribution < -0.4 is 11.5 Å². The summed E-state index contributed by atoms with van der Waals surface area (Å²) < 4.78 is 0. The van der Waals surface area contributed by atoms with Gasteiger partial charge in [0.2, 0.25) is 0 Å². The van der Waals surface area contributed by atoms with Gasteiger partial charge in [0.05, 0.1) is 6.10 Å². The lowest BCUT2D eigenvalue weighted by molar-refractivity contribution is -0.0226. The number of benzene rings is 1. The third-order valence-electron chi connectivity index (χ3n) is 6.66. The molecule has 0 radical (unpaired) electrons. The van der Waals surface area contributed by atoms with Crippen LogP contribution in [0.15, 0.2) is 18.2 Å². The lowest BCUT2D eigenvalue weighted by atomic mass is 9.55. The summed E-state index contributed by atoms with van der Waals surface area (Å²) in [4.78, 5) is 9.00. The number of phenols is 1. The third-order valence-corrected chi connectivity index (χ3v) is 6.66. The van der Waals surface area contributed by atoms with Crippen molar-refractivity contribution in [1.29, 1.82) is 0 Å². The molecule has 5 atom stereocenters. The van der Waals surface area contributed by atoms with Gasteiger partial charge >= 0.3 is 6.03 Å². The van der Waals surface area contributed by atoms with Crippen LogP contribution in [0.5, 0.6) is 5.75 Å². The fourth-order valence-electron chi connectivity index (χ4n) is 5.54. The van der Waals surface area contributed by atoms with Gasteiger partial charge in [-0.3, -0.25) is 0 Å². The maximum absolute atomic E-state index is 10.4. The molecule has 1 aromatic carbocycles. The fourth-order valence-corrected chi connectivity index (χ4v) is 5.54. The summed E-state index contributed by atoms with van der Waals surface area (Å²) >= 11 is 0. The van der Waals surface area contributed by atoms with Crippen LogP contribution in [0.25, 0.3) is 0 Å². The van der Waals surface area contributed by atoms with Crippen LogP contribution in [0.2, 0.25) is 0 Å². The first kappa shape index (κ1) is 17.1. The Labute approximate surface area is 143 Å². The Hall–Kier alpha value is -1.75. The van der Waals surface area contributed by atoms with Crippen molar-refractivity contribution in [3.63, 3.8) is 0 Å². The lowest BCUT2D eigenvalue weighted by Gasteiger charge is -2.50. The Morgan fingerprint density at radius 1 is 1.21 bits per heavy atom. The van der Waals surface area contributed by atoms with Crippen molar-refractivity contribution in [2.24, 2.45) is 28.7 Å². The van der Waals surface area contributed by atoms with Crippen molar-refractivity contribution >= 4 is 6.03 Å². The predicted octanol–water partition coefficient (Wildman–Crippen LogP) is 2.63. The van der Waals surface area contributed by atoms with E-state index in [2.05, 4.69) is 24.5 Å². The molecular formula is C19H28N2O3. The van der Waals surface area contributed by atoms with Gasteiger partial charge < -0.3 is 21.7 Å². The number of carbonyl (C=O) groups is 1. The Kier molecular flexibility index (Phi) is 4.47. The van der Waals surface area contributed by atoms with Crippen LogP contribution in [0.3, 0.4) is 0 Å². The molecule has 5 heteroatoms. The summed E-state index contributed by atoms with van der Waals surface area (Å²) in [6.45, 7) is 2.32. The topological polar surface area (TPSA) is 110 Å². The standard InChI is InChI=1S/C18H24O2.CH4N2O/c1-18-9-8-14-13-5-3-12(19)10-11(13)2-4-15(14)16(18)6-7-17(18)20;2-1(3)4/h3,5,10,14-17,19-20H,2,4,6-9H2,1H3;(H4,2,3,4)/t14-,15-,16+,17?,18+;/m1./s1. The van der Waals surface area contributed by atoms with Gasteiger partial charge in [-0.1, -0.05) is 13.0 Å². The summed E-state index contributed by atoms with van der Waals surface area (Å²) in [5.41, 5.74) is 11.5. The number of hydrogen-bond acceptors (Lipinski definition) is 3. The van der Waals surface area contributed by atoms with Crippen molar-refractivity contribution in [3.8, 4) is 5.75 Å². The van der Waals surface area contributed by atoms with E-state index in [1.165, 1.54) is 30.4 Å². The average molecular weight is 332 g/mol. The molecular weight excluding hydrogens is 304 g/mol. The number of carbonyl (C=O) groups excluding carboxylic acids is 1. The summed E-state index contributed by atoms with van der Waals surface area (Å²) in [7, 11) is 0. The van der Waals surface area contributed by atoms with Crippen molar-refractivity contribution < 1.29 is 15.0 Å². The number of rotatable bonds is 0. The first-order valence-electron chi connectivity index (χ1n) is 8.87. The average Bonchev–Trinajstić information content (AvgIpc) is 2.82. The molecule has 2 saturated carbocycles. The van der Waals surface area contributed by atoms with Gasteiger partial charge in [0, 0.05) is 0 Å². The fraction of sp³-hybridized carbons (Fsp3) is 0.632. The van der Waals surface area contributed by atoms with E-state index >= 15 is 0 Å². The second kappa shape index (κ2) is 6.28. The molecule has 6 N–H and O–H groups in total. The van der Waals surface area contributed by atoms with Gasteiger partial charge in [-0.05, 0) is 85.0 Å². The zero-order chi connectivity index (χ0) is 17.5. The highest BCUT2D eigenvalue weighted by Gasteiger charge is 2.54. The normalized spacial score (nSPS) is 36.6. The minimum Gasteiger partial charge on any atom is -0.508 e. The second-order valence-electron chi connectivity index (χ2n) is 7.84. The molecule has 0 bridgehead atoms. The molecule has 0 spiro atoms. The van der Waals surface area contributed by atoms with Crippen molar-refractivity contribution in [2.75, 3.05) is 0 Å². The molecule has 132 valence electrons. The number of primary amides is 2. The first-order chi connectivity index (χ1) is 11.3. The number of aliphatic hydroxyl groups excluding tert-OH is 1. The number of amides is 2. The minimum atomic E-state index is -0.833. The maximum Gasteiger partial charge on any atom is 0.309 e. The monoisotopic (exact) mass is 332 g/mol. The van der Waals surface area contributed by atoms with Crippen molar-refractivity contribution in [2.45, 2.75) is 57.5 Å². The van der Waals surface area contributed by atoms with E-state index in [-0.39, 0.29) is 11.5 Å². The highest BCUT2D eigenvalue weighted by atomic mass is 16.3. The smallest absolute Gasteiger partial charge is 0.309 e. The maximum atomic E-state index is 10.4. The third kappa shape index (κ3) is 2.86. The zero-order valence-corrected chi connectivity index (χ0v) is 14.2. The van der Waals surface area contributed by atoms with Gasteiger partial charge in [-0.2, -0.15) is 0 Å². The molecule has 4 rings (SSSR count). The van der Waals surface area contributed by atoms with Gasteiger partial charge in [0.15, 0.2) is 0 Å². The molecule has 2 fully saturated rings. The number of urea groups is 1. The van der Waals surface area contributed by atoms with E-state index in [0.29, 0.717) is 17.6 Å². The summed E-state index contributed by atoms with van der Waals surface area (Å²) in [5, 5.41) is 20.0. The predicted molar refractivity (Wildman–Crippen MR) is 92.5 cm³/mol. The van der Waals surface area contributed by atoms with E-state index in [4.69, 9.17) is 4.79 Å². The Morgan fingerprint density at radius 3 is 2.62 bits per heavy atom. The molecule has 24 heavy (non-hydrogen) atoms. The van der Waals surface area contributed by atoms with E-state index in [1.807, 2.05) is 12.1 Å². The van der Waals surface area contributed by atoms with Gasteiger partial charge in [-0.25, -0.2) is 4.79 Å². The van der Waals surface area contributed by atoms with Crippen LogP contribution in [0, 0.1) is 17.3 Å². The largest absolute Gasteiger partial charge is 0.508 e. The van der Waals surface area contributed by atoms with Crippen molar-refractivity contribution in [1.82, 2.24) is 0 Å². The number of hydrogen-bond donors (Lipinski definition) is 4. The first-order valence-corrected chi connectivity index (χ1v) is 8.87. The molecule has 5 nitrogen and oxygen atoms in total. The second-order valence-corrected chi connectivity index (χ2v) is 7.84. The number of aryl methyl sites for hydroxylation is 1. The molecule has 0 aromatic heterocycles. The molecule has 3 aliphatic rings. The Morgan fingerprint density at radius 2 is 1.92 bits per heavy atom. The van der Waals surface area contributed by atoms with Crippen LogP contribution in [-0.4, -0.2) is 22.3 Å². The number of fused-ring (bicyclic) bond motifs is 5. The van der Waals surface area contributed by atoms with Crippen LogP contribution in [0.4, 0.5) is 4.79 Å². The SMILES string of the molecule is C[C@]12CC[C@@H]3c4ccc(O)cc4CC[C@H]3[C@@H]1CCC2O.NC(N)=O. The Balaban J connectivity index is 0.000000383. The highest BCUT2D eigenvalue weighted by molar-refractivity contribution is 5.69. The molecule has 2 amide bonds. The summed E-state index contributed by atoms with van der Waals surface area (Å²) in [6, 6.07) is 5.12.